The van der Waals surface area contributed by atoms with Gasteiger partial charge in [-0.05, 0) is 23.8 Å². The van der Waals surface area contributed by atoms with Crippen LogP contribution in [0.1, 0.15) is 22.3 Å². The van der Waals surface area contributed by atoms with Crippen LogP contribution in [0.3, 0.4) is 0 Å². The van der Waals surface area contributed by atoms with Gasteiger partial charge in [0.2, 0.25) is 5.91 Å². The summed E-state index contributed by atoms with van der Waals surface area (Å²) in [5.74, 6) is 0.0635. The molecule has 0 bridgehead atoms. The molecule has 2 aliphatic rings. The highest BCUT2D eigenvalue weighted by Gasteiger charge is 2.29. The summed E-state index contributed by atoms with van der Waals surface area (Å²) in [5, 5.41) is 2.87. The van der Waals surface area contributed by atoms with Crippen molar-refractivity contribution < 1.29 is 9.59 Å². The molecule has 0 saturated carbocycles. The van der Waals surface area contributed by atoms with Gasteiger partial charge in [0.05, 0.1) is 0 Å². The second-order valence-electron chi connectivity index (χ2n) is 4.39. The van der Waals surface area contributed by atoms with Crippen LogP contribution < -0.4 is 10.2 Å². The van der Waals surface area contributed by atoms with Crippen molar-refractivity contribution in [1.29, 1.82) is 0 Å². The molecule has 1 N–H and O–H groups in total. The quantitative estimate of drug-likeness (QED) is 0.727. The van der Waals surface area contributed by atoms with Crippen LogP contribution in [0.2, 0.25) is 0 Å². The van der Waals surface area contributed by atoms with Crippen molar-refractivity contribution in [2.24, 2.45) is 0 Å². The largest absolute Gasteiger partial charge is 0.348 e. The van der Waals surface area contributed by atoms with Crippen LogP contribution in [0.4, 0.5) is 5.69 Å². The first-order valence-corrected chi connectivity index (χ1v) is 6.06. The predicted octanol–water partition coefficient (Wildman–Crippen LogP) is 0.965. The first-order valence-electron chi connectivity index (χ1n) is 5.55. The highest BCUT2D eigenvalue weighted by Crippen LogP contribution is 2.27. The van der Waals surface area contributed by atoms with E-state index in [0.717, 1.165) is 11.3 Å². The minimum absolute atomic E-state index is 0.0358. The van der Waals surface area contributed by atoms with E-state index in [2.05, 4.69) is 17.9 Å². The van der Waals surface area contributed by atoms with Gasteiger partial charge in [0.1, 0.15) is 0 Å². The van der Waals surface area contributed by atoms with Crippen molar-refractivity contribution in [1.82, 2.24) is 5.32 Å². The van der Waals surface area contributed by atoms with Gasteiger partial charge in [-0.3, -0.25) is 9.59 Å². The maximum absolute atomic E-state index is 11.7. The molecular weight excluding hydrogens is 236 g/mol. The number of carbonyl (C=O) groups excluding carboxylic acids is 2. The van der Waals surface area contributed by atoms with Gasteiger partial charge in [0, 0.05) is 36.0 Å². The second-order valence-corrected chi connectivity index (χ2v) is 5.12. The number of hydrogen-bond acceptors (Lipinski definition) is 3. The summed E-state index contributed by atoms with van der Waals surface area (Å²) < 4.78 is 0. The molecule has 1 fully saturated rings. The van der Waals surface area contributed by atoms with Gasteiger partial charge in [0.15, 0.2) is 0 Å². The third-order valence-electron chi connectivity index (χ3n) is 3.19. The Morgan fingerprint density at radius 1 is 1.35 bits per heavy atom. The van der Waals surface area contributed by atoms with E-state index in [1.54, 1.807) is 11.0 Å². The third-order valence-corrected chi connectivity index (χ3v) is 3.54. The van der Waals surface area contributed by atoms with Crippen molar-refractivity contribution >= 4 is 30.1 Å². The number of thiol groups is 1. The van der Waals surface area contributed by atoms with Gasteiger partial charge in [-0.25, -0.2) is 0 Å². The maximum atomic E-state index is 11.7. The van der Waals surface area contributed by atoms with Crippen LogP contribution in [-0.4, -0.2) is 23.6 Å². The highest BCUT2D eigenvalue weighted by atomic mass is 32.1. The lowest BCUT2D eigenvalue weighted by atomic mass is 10.1. The summed E-state index contributed by atoms with van der Waals surface area (Å²) in [6, 6.07) is 5.52. The summed E-state index contributed by atoms with van der Waals surface area (Å²) in [6.07, 6.45) is 0.484. The molecule has 1 aromatic carbocycles. The summed E-state index contributed by atoms with van der Waals surface area (Å²) in [4.78, 5) is 24.9. The van der Waals surface area contributed by atoms with Gasteiger partial charge in [-0.15, -0.1) is 0 Å². The van der Waals surface area contributed by atoms with E-state index >= 15 is 0 Å². The van der Waals surface area contributed by atoms with Crippen LogP contribution in [0.5, 0.6) is 0 Å². The van der Waals surface area contributed by atoms with Crippen LogP contribution in [0.25, 0.3) is 0 Å². The molecule has 1 aromatic rings. The van der Waals surface area contributed by atoms with Crippen molar-refractivity contribution in [3.05, 3.63) is 29.3 Å². The van der Waals surface area contributed by atoms with E-state index in [9.17, 15) is 9.59 Å². The zero-order chi connectivity index (χ0) is 12.0. The molecule has 2 amide bonds. The van der Waals surface area contributed by atoms with E-state index < -0.39 is 0 Å². The van der Waals surface area contributed by atoms with E-state index in [4.69, 9.17) is 0 Å². The highest BCUT2D eigenvalue weighted by molar-refractivity contribution is 7.81. The molecule has 88 valence electrons. The summed E-state index contributed by atoms with van der Waals surface area (Å²) >= 11 is 4.33. The Labute approximate surface area is 104 Å². The molecule has 1 unspecified atom stereocenters. The van der Waals surface area contributed by atoms with Crippen LogP contribution in [0, 0.1) is 0 Å². The van der Waals surface area contributed by atoms with Crippen molar-refractivity contribution in [2.45, 2.75) is 18.2 Å². The molecular formula is C12H12N2O2S. The molecule has 5 heteroatoms. The van der Waals surface area contributed by atoms with Crippen LogP contribution in [0.15, 0.2) is 18.2 Å². The molecule has 3 rings (SSSR count). The topological polar surface area (TPSA) is 49.4 Å². The first kappa shape index (κ1) is 10.7. The molecule has 1 saturated heterocycles. The molecule has 0 spiro atoms. The van der Waals surface area contributed by atoms with Crippen LogP contribution >= 0.6 is 12.6 Å². The lowest BCUT2D eigenvalue weighted by Crippen LogP contribution is -2.24. The smallest absolute Gasteiger partial charge is 0.251 e. The van der Waals surface area contributed by atoms with E-state index in [1.807, 2.05) is 12.1 Å². The average molecular weight is 248 g/mol. The average Bonchev–Trinajstić information content (AvgIpc) is 2.82. The van der Waals surface area contributed by atoms with Gasteiger partial charge < -0.3 is 10.2 Å². The third kappa shape index (κ3) is 1.70. The number of amides is 2. The minimum atomic E-state index is -0.0358. The van der Waals surface area contributed by atoms with E-state index in [0.29, 0.717) is 25.1 Å². The predicted molar refractivity (Wildman–Crippen MR) is 67.4 cm³/mol. The summed E-state index contributed by atoms with van der Waals surface area (Å²) in [5.41, 5.74) is 2.53. The molecule has 0 aromatic heterocycles. The Morgan fingerprint density at radius 2 is 2.18 bits per heavy atom. The number of nitrogens with zero attached hydrogens (tertiary/aromatic N) is 1. The Bertz CT molecular complexity index is 515. The van der Waals surface area contributed by atoms with Gasteiger partial charge in [-0.2, -0.15) is 12.6 Å². The number of nitrogens with one attached hydrogen (secondary N) is 1. The fourth-order valence-electron chi connectivity index (χ4n) is 2.32. The number of fused-ring (bicyclic) bond motifs is 1. The van der Waals surface area contributed by atoms with Gasteiger partial charge >= 0.3 is 0 Å². The molecule has 17 heavy (non-hydrogen) atoms. The summed E-state index contributed by atoms with van der Waals surface area (Å²) in [7, 11) is 0. The zero-order valence-electron chi connectivity index (χ0n) is 9.14. The summed E-state index contributed by atoms with van der Waals surface area (Å²) in [6.45, 7) is 1.19. The Morgan fingerprint density at radius 3 is 2.88 bits per heavy atom. The molecule has 4 nitrogen and oxygen atoms in total. The molecule has 1 atom stereocenters. The number of carbonyl (C=O) groups is 2. The van der Waals surface area contributed by atoms with Crippen molar-refractivity contribution in [3.63, 3.8) is 0 Å². The number of hydrogen-bond donors (Lipinski definition) is 2. The molecule has 2 aliphatic heterocycles. The van der Waals surface area contributed by atoms with Crippen LogP contribution in [-0.2, 0) is 11.3 Å². The van der Waals surface area contributed by atoms with E-state index in [1.165, 1.54) is 0 Å². The minimum Gasteiger partial charge on any atom is -0.348 e. The lowest BCUT2D eigenvalue weighted by molar-refractivity contribution is -0.117. The standard InChI is InChI=1S/C12H12N2O2S/c15-11-4-9(17)6-14(11)8-1-2-10-7(3-8)5-13-12(10)16/h1-3,9,17H,4-6H2,(H,13,16). The first-order chi connectivity index (χ1) is 8.15. The normalized spacial score (nSPS) is 22.9. The Kier molecular flexibility index (Phi) is 2.36. The molecule has 2 heterocycles. The van der Waals surface area contributed by atoms with Crippen molar-refractivity contribution in [2.75, 3.05) is 11.4 Å². The zero-order valence-corrected chi connectivity index (χ0v) is 10.0. The Hall–Kier alpha value is -1.49. The van der Waals surface area contributed by atoms with Gasteiger partial charge in [-0.1, -0.05) is 0 Å². The maximum Gasteiger partial charge on any atom is 0.251 e. The fraction of sp³-hybridized carbons (Fsp3) is 0.333. The second kappa shape index (κ2) is 3.77. The fourth-order valence-corrected chi connectivity index (χ4v) is 2.64. The lowest BCUT2D eigenvalue weighted by Gasteiger charge is -2.16. The molecule has 0 radical (unpaired) electrons. The number of benzene rings is 1. The SMILES string of the molecule is O=C1NCc2cc(N3CC(S)CC3=O)ccc21. The van der Waals surface area contributed by atoms with Gasteiger partial charge in [0.25, 0.3) is 5.91 Å². The number of anilines is 1. The Balaban J connectivity index is 1.95. The van der Waals surface area contributed by atoms with Crippen molar-refractivity contribution in [3.8, 4) is 0 Å². The molecule has 0 aliphatic carbocycles. The van der Waals surface area contributed by atoms with E-state index in [-0.39, 0.29) is 17.1 Å². The monoisotopic (exact) mass is 248 g/mol. The number of rotatable bonds is 1.